The minimum atomic E-state index is -1.50. The molecule has 0 radical (unpaired) electrons. The largest absolute Gasteiger partial charge is 0.467 e. The second-order valence-electron chi connectivity index (χ2n) is 12.2. The van der Waals surface area contributed by atoms with E-state index in [1.807, 2.05) is 0 Å². The number of hydrogen-bond donors (Lipinski definition) is 5. The van der Waals surface area contributed by atoms with Gasteiger partial charge in [0, 0.05) is 0 Å². The predicted octanol–water partition coefficient (Wildman–Crippen LogP) is 0.376. The maximum Gasteiger partial charge on any atom is 0.330 e. The van der Waals surface area contributed by atoms with Crippen molar-refractivity contribution in [1.82, 2.24) is 26.6 Å². The van der Waals surface area contributed by atoms with Crippen molar-refractivity contribution < 1.29 is 33.5 Å². The second-order valence-corrected chi connectivity index (χ2v) is 12.2. The van der Waals surface area contributed by atoms with Crippen LogP contribution in [0.2, 0.25) is 0 Å². The molecule has 0 aliphatic heterocycles. The molecule has 0 heterocycles. The highest BCUT2D eigenvalue weighted by Gasteiger charge is 2.43. The smallest absolute Gasteiger partial charge is 0.330 e. The van der Waals surface area contributed by atoms with Crippen LogP contribution in [0.1, 0.15) is 69.2 Å². The van der Waals surface area contributed by atoms with Gasteiger partial charge in [0.25, 0.3) is 0 Å². The van der Waals surface area contributed by atoms with Crippen molar-refractivity contribution in [2.45, 2.75) is 96.9 Å². The molecule has 39 heavy (non-hydrogen) atoms. The zero-order chi connectivity index (χ0) is 30.6. The molecule has 218 valence electrons. The van der Waals surface area contributed by atoms with Gasteiger partial charge in [0.05, 0.1) is 13.0 Å². The summed E-state index contributed by atoms with van der Waals surface area (Å²) in [5.41, 5.74) is -7.10. The molecular weight excluding hydrogens is 506 g/mol. The summed E-state index contributed by atoms with van der Waals surface area (Å²) < 4.78 is 4.69. The number of rotatable bonds is 11. The van der Waals surface area contributed by atoms with Crippen LogP contribution < -0.4 is 26.6 Å². The van der Waals surface area contributed by atoms with Crippen LogP contribution in [0.3, 0.4) is 0 Å². The summed E-state index contributed by atoms with van der Waals surface area (Å²) in [6, 6.07) is 0. The van der Waals surface area contributed by atoms with Gasteiger partial charge in [-0.25, -0.2) is 4.79 Å². The highest BCUT2D eigenvalue weighted by molar-refractivity contribution is 6.00. The topological polar surface area (TPSA) is 172 Å². The van der Waals surface area contributed by atoms with Crippen molar-refractivity contribution in [2.75, 3.05) is 7.11 Å². The number of carbonyl (C=O) groups is 6. The molecule has 0 saturated carbocycles. The Labute approximate surface area is 230 Å². The molecule has 12 heteroatoms. The number of esters is 1. The van der Waals surface area contributed by atoms with Crippen molar-refractivity contribution in [3.8, 4) is 0 Å². The fourth-order valence-corrected chi connectivity index (χ4v) is 3.29. The Bertz CT molecular complexity index is 1070. The van der Waals surface area contributed by atoms with Gasteiger partial charge in [0.1, 0.15) is 27.7 Å². The van der Waals surface area contributed by atoms with Gasteiger partial charge in [-0.05, 0) is 69.2 Å². The van der Waals surface area contributed by atoms with Crippen LogP contribution in [0.25, 0.3) is 0 Å². The number of methoxy groups -OCH3 is 1. The molecule has 0 saturated heterocycles. The highest BCUT2D eigenvalue weighted by atomic mass is 16.5. The number of nitrogens with one attached hydrogen (secondary N) is 5. The van der Waals surface area contributed by atoms with E-state index in [1.165, 1.54) is 76.3 Å². The summed E-state index contributed by atoms with van der Waals surface area (Å²) >= 11 is 0. The van der Waals surface area contributed by atoms with E-state index < -0.39 is 63.2 Å². The number of allylic oxidation sites excluding steroid dienone is 2. The van der Waals surface area contributed by atoms with Gasteiger partial charge in [-0.1, -0.05) is 24.3 Å². The molecule has 0 fully saturated rings. The van der Waals surface area contributed by atoms with E-state index in [-0.39, 0.29) is 5.91 Å². The van der Waals surface area contributed by atoms with Gasteiger partial charge >= 0.3 is 5.97 Å². The minimum Gasteiger partial charge on any atom is -0.467 e. The first kappa shape index (κ1) is 33.3. The normalized spacial score (nSPS) is 14.3. The first-order chi connectivity index (χ1) is 17.5. The van der Waals surface area contributed by atoms with Crippen molar-refractivity contribution in [2.24, 2.45) is 5.92 Å². The van der Waals surface area contributed by atoms with E-state index in [4.69, 9.17) is 0 Å². The lowest BCUT2D eigenvalue weighted by Gasteiger charge is -2.36. The fourth-order valence-electron chi connectivity index (χ4n) is 3.29. The Hall–Kier alpha value is -3.70. The molecule has 5 amide bonds. The van der Waals surface area contributed by atoms with Crippen molar-refractivity contribution in [3.05, 3.63) is 24.3 Å². The third kappa shape index (κ3) is 8.66. The molecule has 1 aliphatic carbocycles. The molecule has 5 N–H and O–H groups in total. The maximum absolute atomic E-state index is 13.1. The molecule has 1 rings (SSSR count). The summed E-state index contributed by atoms with van der Waals surface area (Å²) in [6.07, 6.45) is 6.86. The quantitative estimate of drug-likeness (QED) is 0.232. The Kier molecular flexibility index (Phi) is 9.90. The molecule has 0 aromatic heterocycles. The highest BCUT2D eigenvalue weighted by Crippen LogP contribution is 2.16. The van der Waals surface area contributed by atoms with Crippen molar-refractivity contribution >= 4 is 35.5 Å². The number of carbonyl (C=O) groups excluding carboxylic acids is 6. The Balaban J connectivity index is 2.87. The van der Waals surface area contributed by atoms with Crippen LogP contribution in [0.4, 0.5) is 0 Å². The van der Waals surface area contributed by atoms with E-state index >= 15 is 0 Å². The van der Waals surface area contributed by atoms with Crippen LogP contribution in [0, 0.1) is 5.92 Å². The standard InChI is InChI=1S/C27H43N5O7/c1-23(2,28-17(33)16-14-12-13-15-16)18(34)29-24(3,4)19(35)30-25(5,6)20(36)31-26(7,8)21(37)32-27(9,10)22(38)39-11/h12-16H,1-11H3,(H,28,33)(H,29,34)(H,30,35)(H,31,36)(H,32,37). The molecule has 1 aliphatic rings. The summed E-state index contributed by atoms with van der Waals surface area (Å²) in [6.45, 7) is 14.7. The van der Waals surface area contributed by atoms with Crippen LogP contribution >= 0.6 is 0 Å². The first-order valence-electron chi connectivity index (χ1n) is 12.5. The zero-order valence-corrected chi connectivity index (χ0v) is 24.7. The Morgan fingerprint density at radius 1 is 0.513 bits per heavy atom. The SMILES string of the molecule is COC(=O)C(C)(C)NC(=O)C(C)(C)NC(=O)C(C)(C)NC(=O)C(C)(C)NC(=O)C(C)(C)NC(=O)C1C=CC=C1. The average Bonchev–Trinajstić information content (AvgIpc) is 3.32. The predicted molar refractivity (Wildman–Crippen MR) is 145 cm³/mol. The van der Waals surface area contributed by atoms with Gasteiger partial charge in [-0.3, -0.25) is 24.0 Å². The zero-order valence-electron chi connectivity index (χ0n) is 24.7. The fraction of sp³-hybridized carbons (Fsp3) is 0.630. The van der Waals surface area contributed by atoms with Gasteiger partial charge in [0.2, 0.25) is 29.5 Å². The van der Waals surface area contributed by atoms with Crippen molar-refractivity contribution in [3.63, 3.8) is 0 Å². The molecule has 0 atom stereocenters. The number of amides is 5. The van der Waals surface area contributed by atoms with Crippen LogP contribution in [-0.2, 0) is 33.5 Å². The van der Waals surface area contributed by atoms with E-state index in [0.29, 0.717) is 0 Å². The summed E-state index contributed by atoms with van der Waals surface area (Å²) in [5.74, 6) is -4.10. The molecule has 0 unspecified atom stereocenters. The monoisotopic (exact) mass is 549 g/mol. The van der Waals surface area contributed by atoms with Crippen LogP contribution in [0.15, 0.2) is 24.3 Å². The lowest BCUT2D eigenvalue weighted by Crippen LogP contribution is -2.68. The maximum atomic E-state index is 13.1. The third-order valence-electron chi connectivity index (χ3n) is 6.16. The summed E-state index contributed by atoms with van der Waals surface area (Å²) in [4.78, 5) is 76.4. The Morgan fingerprint density at radius 3 is 1.10 bits per heavy atom. The van der Waals surface area contributed by atoms with E-state index in [2.05, 4.69) is 31.3 Å². The molecular formula is C27H43N5O7. The number of ether oxygens (including phenoxy) is 1. The van der Waals surface area contributed by atoms with Crippen LogP contribution in [0.5, 0.6) is 0 Å². The van der Waals surface area contributed by atoms with Gasteiger partial charge in [-0.2, -0.15) is 0 Å². The molecule has 0 spiro atoms. The second kappa shape index (κ2) is 11.6. The van der Waals surface area contributed by atoms with Gasteiger partial charge in [-0.15, -0.1) is 0 Å². The lowest BCUT2D eigenvalue weighted by atomic mass is 9.94. The van der Waals surface area contributed by atoms with E-state index in [9.17, 15) is 28.8 Å². The first-order valence-corrected chi connectivity index (χ1v) is 12.5. The molecule has 12 nitrogen and oxygen atoms in total. The van der Waals surface area contributed by atoms with E-state index in [0.717, 1.165) is 0 Å². The molecule has 0 aromatic rings. The van der Waals surface area contributed by atoms with Crippen LogP contribution in [-0.4, -0.2) is 70.3 Å². The third-order valence-corrected chi connectivity index (χ3v) is 6.16. The Morgan fingerprint density at radius 2 is 0.795 bits per heavy atom. The molecule has 0 aromatic carbocycles. The average molecular weight is 550 g/mol. The minimum absolute atomic E-state index is 0.359. The lowest BCUT2D eigenvalue weighted by molar-refractivity contribution is -0.150. The van der Waals surface area contributed by atoms with Gasteiger partial charge in [0.15, 0.2) is 0 Å². The summed E-state index contributed by atoms with van der Waals surface area (Å²) in [7, 11) is 1.20. The molecule has 0 bridgehead atoms. The van der Waals surface area contributed by atoms with Gasteiger partial charge < -0.3 is 31.3 Å². The summed E-state index contributed by atoms with van der Waals surface area (Å²) in [5, 5.41) is 13.0. The number of hydrogen-bond acceptors (Lipinski definition) is 7. The van der Waals surface area contributed by atoms with Crippen molar-refractivity contribution in [1.29, 1.82) is 0 Å². The van der Waals surface area contributed by atoms with E-state index in [1.54, 1.807) is 24.3 Å².